The van der Waals surface area contributed by atoms with E-state index in [0.29, 0.717) is 12.5 Å². The number of likely N-dealkylation sites (tertiary alicyclic amines) is 1. The maximum absolute atomic E-state index is 12.7. The molecule has 2 aromatic heterocycles. The number of nitrogens with zero attached hydrogens (tertiary/aromatic N) is 2. The minimum absolute atomic E-state index is 0.152. The number of benzene rings is 1. The number of piperidine rings is 1. The minimum Gasteiger partial charge on any atom is -0.463 e. The maximum atomic E-state index is 12.7. The fraction of sp³-hybridized carbons (Fsp3) is 0.400. The number of fused-ring (bicyclic) bond motifs is 1. The average molecular weight is 370 g/mol. The summed E-state index contributed by atoms with van der Waals surface area (Å²) in [6.07, 6.45) is 3.82. The third-order valence-electron chi connectivity index (χ3n) is 5.07. The van der Waals surface area contributed by atoms with Crippen molar-refractivity contribution in [2.45, 2.75) is 31.7 Å². The van der Waals surface area contributed by atoms with E-state index in [1.165, 1.54) is 4.70 Å². The van der Waals surface area contributed by atoms with E-state index in [1.54, 1.807) is 17.6 Å². The van der Waals surface area contributed by atoms with E-state index in [2.05, 4.69) is 25.1 Å². The van der Waals surface area contributed by atoms with Gasteiger partial charge in [-0.3, -0.25) is 4.79 Å². The van der Waals surface area contributed by atoms with Crippen molar-refractivity contribution in [1.82, 2.24) is 9.88 Å². The van der Waals surface area contributed by atoms with E-state index in [9.17, 15) is 4.79 Å². The number of rotatable bonds is 5. The van der Waals surface area contributed by atoms with Crippen LogP contribution in [0.4, 0.5) is 0 Å². The van der Waals surface area contributed by atoms with Crippen molar-refractivity contribution in [3.63, 3.8) is 0 Å². The lowest BCUT2D eigenvalue weighted by atomic mass is 9.98. The summed E-state index contributed by atoms with van der Waals surface area (Å²) in [5.74, 6) is 1.46. The Labute approximate surface area is 157 Å². The molecule has 4 rings (SSSR count). The van der Waals surface area contributed by atoms with Crippen molar-refractivity contribution in [3.8, 4) is 0 Å². The summed E-state index contributed by atoms with van der Waals surface area (Å²) in [4.78, 5) is 19.5. The predicted octanol–water partition coefficient (Wildman–Crippen LogP) is 2.92. The molecule has 1 amide bonds. The van der Waals surface area contributed by atoms with Gasteiger partial charge >= 0.3 is 0 Å². The first-order valence-corrected chi connectivity index (χ1v) is 10.0. The van der Waals surface area contributed by atoms with Gasteiger partial charge in [0.15, 0.2) is 12.3 Å². The number of carbonyl (C=O) groups is 1. The molecule has 136 valence electrons. The number of furan rings is 1. The van der Waals surface area contributed by atoms with Gasteiger partial charge < -0.3 is 14.6 Å². The molecular formula is C20H24N3O2S+. The number of nitrogens with two attached hydrogens (primary N) is 1. The Bertz CT molecular complexity index is 841. The molecule has 5 nitrogen and oxygen atoms in total. The molecule has 1 saturated heterocycles. The Hall–Kier alpha value is -2.18. The number of hydrogen-bond donors (Lipinski definition) is 1. The highest BCUT2D eigenvalue weighted by Crippen LogP contribution is 2.32. The van der Waals surface area contributed by atoms with Crippen molar-refractivity contribution in [2.24, 2.45) is 0 Å². The quantitative estimate of drug-likeness (QED) is 0.751. The lowest BCUT2D eigenvalue weighted by molar-refractivity contribution is -0.685. The van der Waals surface area contributed by atoms with Crippen LogP contribution in [0.1, 0.15) is 42.5 Å². The molecule has 2 N–H and O–H groups in total. The number of aromatic nitrogens is 1. The SMILES string of the molecule is C[C@H]([NH2+]CC(=O)N1CCC[C@@H](c2nc3ccccc3s2)C1)c1ccco1. The number of amides is 1. The second-order valence-corrected chi connectivity index (χ2v) is 8.00. The third-order valence-corrected chi connectivity index (χ3v) is 6.27. The summed E-state index contributed by atoms with van der Waals surface area (Å²) in [7, 11) is 0. The standard InChI is InChI=1S/C20H23N3O2S/c1-14(17-8-5-11-25-17)21-12-19(24)23-10-4-6-15(13-23)20-22-16-7-2-3-9-18(16)26-20/h2-3,5,7-9,11,14-15,21H,4,6,10,12-13H2,1H3/p+1/t14-,15+/m0/s1. The molecule has 1 aliphatic rings. The van der Waals surface area contributed by atoms with E-state index in [1.807, 2.05) is 28.4 Å². The Morgan fingerprint density at radius 1 is 1.38 bits per heavy atom. The number of carbonyl (C=O) groups excluding carboxylic acids is 1. The normalized spacial score (nSPS) is 19.0. The highest BCUT2D eigenvalue weighted by Gasteiger charge is 2.28. The Morgan fingerprint density at radius 2 is 2.27 bits per heavy atom. The summed E-state index contributed by atoms with van der Waals surface area (Å²) < 4.78 is 6.64. The second kappa shape index (κ2) is 7.60. The summed E-state index contributed by atoms with van der Waals surface area (Å²) in [5, 5.41) is 3.21. The van der Waals surface area contributed by atoms with Crippen LogP contribution in [0.25, 0.3) is 10.2 Å². The second-order valence-electron chi connectivity index (χ2n) is 6.94. The van der Waals surface area contributed by atoms with Gasteiger partial charge in [-0.15, -0.1) is 11.3 Å². The van der Waals surface area contributed by atoms with Gasteiger partial charge in [-0.05, 0) is 44.0 Å². The summed E-state index contributed by atoms with van der Waals surface area (Å²) >= 11 is 1.76. The maximum Gasteiger partial charge on any atom is 0.277 e. The van der Waals surface area contributed by atoms with Gasteiger partial charge in [0.1, 0.15) is 6.04 Å². The van der Waals surface area contributed by atoms with Crippen LogP contribution < -0.4 is 5.32 Å². The van der Waals surface area contributed by atoms with Crippen LogP contribution in [0, 0.1) is 0 Å². The van der Waals surface area contributed by atoms with Crippen LogP contribution in [0.5, 0.6) is 0 Å². The van der Waals surface area contributed by atoms with Crippen molar-refractivity contribution in [2.75, 3.05) is 19.6 Å². The lowest BCUT2D eigenvalue weighted by Gasteiger charge is -2.31. The minimum atomic E-state index is 0.152. The monoisotopic (exact) mass is 370 g/mol. The van der Waals surface area contributed by atoms with E-state index >= 15 is 0 Å². The molecule has 0 unspecified atom stereocenters. The first kappa shape index (κ1) is 17.2. The topological polar surface area (TPSA) is 63.0 Å². The first-order chi connectivity index (χ1) is 12.7. The van der Waals surface area contributed by atoms with Crippen LogP contribution in [0.2, 0.25) is 0 Å². The van der Waals surface area contributed by atoms with Gasteiger partial charge in [-0.2, -0.15) is 0 Å². The zero-order valence-corrected chi connectivity index (χ0v) is 15.7. The van der Waals surface area contributed by atoms with Gasteiger partial charge in [0.25, 0.3) is 5.91 Å². The Balaban J connectivity index is 1.37. The van der Waals surface area contributed by atoms with Gasteiger partial charge in [0.2, 0.25) is 0 Å². The molecule has 1 aliphatic heterocycles. The van der Waals surface area contributed by atoms with Crippen LogP contribution in [-0.4, -0.2) is 35.4 Å². The summed E-state index contributed by atoms with van der Waals surface area (Å²) in [6.45, 7) is 4.14. The number of hydrogen-bond acceptors (Lipinski definition) is 4. The summed E-state index contributed by atoms with van der Waals surface area (Å²) in [6, 6.07) is 12.2. The molecule has 1 aromatic carbocycles. The number of thiazole rings is 1. The molecule has 0 radical (unpaired) electrons. The Morgan fingerprint density at radius 3 is 3.08 bits per heavy atom. The van der Waals surface area contributed by atoms with E-state index in [4.69, 9.17) is 9.40 Å². The zero-order chi connectivity index (χ0) is 17.9. The number of para-hydroxylation sites is 1. The van der Waals surface area contributed by atoms with E-state index < -0.39 is 0 Å². The van der Waals surface area contributed by atoms with Crippen LogP contribution in [-0.2, 0) is 4.79 Å². The van der Waals surface area contributed by atoms with Gasteiger partial charge in [-0.1, -0.05) is 12.1 Å². The highest BCUT2D eigenvalue weighted by molar-refractivity contribution is 7.18. The molecule has 0 aliphatic carbocycles. The number of quaternary nitrogens is 1. The van der Waals surface area contributed by atoms with E-state index in [0.717, 1.165) is 42.2 Å². The van der Waals surface area contributed by atoms with Crippen LogP contribution in [0.3, 0.4) is 0 Å². The van der Waals surface area contributed by atoms with Gasteiger partial charge in [0, 0.05) is 19.0 Å². The Kier molecular flexibility index (Phi) is 5.04. The summed E-state index contributed by atoms with van der Waals surface area (Å²) in [5.41, 5.74) is 1.07. The first-order valence-electron chi connectivity index (χ1n) is 9.20. The van der Waals surface area contributed by atoms with Crippen LogP contribution in [0.15, 0.2) is 47.1 Å². The van der Waals surface area contributed by atoms with Crippen molar-refractivity contribution in [3.05, 3.63) is 53.4 Å². The van der Waals surface area contributed by atoms with Crippen molar-refractivity contribution in [1.29, 1.82) is 0 Å². The molecule has 0 saturated carbocycles. The third kappa shape index (κ3) is 3.66. The molecule has 0 bridgehead atoms. The van der Waals surface area contributed by atoms with Gasteiger partial charge in [-0.25, -0.2) is 4.98 Å². The molecule has 0 spiro atoms. The smallest absolute Gasteiger partial charge is 0.277 e. The average Bonchev–Trinajstić information content (AvgIpc) is 3.35. The van der Waals surface area contributed by atoms with Crippen molar-refractivity contribution >= 4 is 27.5 Å². The fourth-order valence-electron chi connectivity index (χ4n) is 3.54. The van der Waals surface area contributed by atoms with E-state index in [-0.39, 0.29) is 11.9 Å². The fourth-order valence-corrected chi connectivity index (χ4v) is 4.64. The van der Waals surface area contributed by atoms with Crippen LogP contribution >= 0.6 is 11.3 Å². The van der Waals surface area contributed by atoms with Crippen molar-refractivity contribution < 1.29 is 14.5 Å². The molecule has 3 aromatic rings. The molecule has 3 heterocycles. The molecule has 26 heavy (non-hydrogen) atoms. The molecule has 6 heteroatoms. The van der Waals surface area contributed by atoms with Gasteiger partial charge in [0.05, 0.1) is 21.5 Å². The molecular weight excluding hydrogens is 346 g/mol. The molecule has 2 atom stereocenters. The largest absolute Gasteiger partial charge is 0.463 e. The highest BCUT2D eigenvalue weighted by atomic mass is 32.1. The zero-order valence-electron chi connectivity index (χ0n) is 14.9. The predicted molar refractivity (Wildman–Crippen MR) is 102 cm³/mol. The lowest BCUT2D eigenvalue weighted by Crippen LogP contribution is -2.87. The molecule has 1 fully saturated rings.